The van der Waals surface area contributed by atoms with E-state index in [9.17, 15) is 4.79 Å². The molecule has 3 aromatic rings. The topological polar surface area (TPSA) is 77.2 Å². The predicted octanol–water partition coefficient (Wildman–Crippen LogP) is 4.08. The van der Waals surface area contributed by atoms with Gasteiger partial charge in [-0.15, -0.1) is 10.2 Å². The minimum atomic E-state index is -0.131. The summed E-state index contributed by atoms with van der Waals surface area (Å²) in [7, 11) is 1.60. The summed E-state index contributed by atoms with van der Waals surface area (Å²) in [6.07, 6.45) is 0. The molecule has 2 aromatic carbocycles. The molecule has 6 nitrogen and oxygen atoms in total. The van der Waals surface area contributed by atoms with E-state index in [2.05, 4.69) is 38.1 Å². The average molecular weight is 467 g/mol. The van der Waals surface area contributed by atoms with Gasteiger partial charge in [0.25, 0.3) is 5.22 Å². The van der Waals surface area contributed by atoms with Crippen molar-refractivity contribution in [3.8, 4) is 17.2 Å². The number of ether oxygens (including phenoxy) is 1. The number of benzene rings is 2. The van der Waals surface area contributed by atoms with Crippen LogP contribution in [0.1, 0.15) is 0 Å². The van der Waals surface area contributed by atoms with Gasteiger partial charge in [0.15, 0.2) is 0 Å². The summed E-state index contributed by atoms with van der Waals surface area (Å²) < 4.78 is 11.8. The van der Waals surface area contributed by atoms with Crippen LogP contribution in [-0.2, 0) is 4.79 Å². The van der Waals surface area contributed by atoms with Gasteiger partial charge in [0, 0.05) is 14.8 Å². The van der Waals surface area contributed by atoms with E-state index >= 15 is 0 Å². The van der Waals surface area contributed by atoms with E-state index in [1.165, 1.54) is 11.8 Å². The molecular weight excluding hydrogens is 453 g/mol. The molecule has 3 rings (SSSR count). The molecule has 0 bridgehead atoms. The van der Waals surface area contributed by atoms with Gasteiger partial charge in [0.05, 0.1) is 12.9 Å². The first-order chi connectivity index (χ1) is 12.1. The highest BCUT2D eigenvalue weighted by molar-refractivity contribution is 14.1. The molecule has 1 N–H and O–H groups in total. The third kappa shape index (κ3) is 4.95. The van der Waals surface area contributed by atoms with Crippen molar-refractivity contribution in [2.75, 3.05) is 18.2 Å². The summed E-state index contributed by atoms with van der Waals surface area (Å²) in [6, 6.07) is 15.0. The van der Waals surface area contributed by atoms with Crippen LogP contribution in [0.15, 0.2) is 58.2 Å². The van der Waals surface area contributed by atoms with Gasteiger partial charge in [-0.2, -0.15) is 0 Å². The van der Waals surface area contributed by atoms with Crippen molar-refractivity contribution in [3.63, 3.8) is 0 Å². The summed E-state index contributed by atoms with van der Waals surface area (Å²) in [4.78, 5) is 12.0. The Morgan fingerprint density at radius 2 is 2.08 bits per heavy atom. The Bertz CT molecular complexity index is 885. The molecule has 0 atom stereocenters. The lowest BCUT2D eigenvalue weighted by Gasteiger charge is -2.04. The SMILES string of the molecule is COc1cccc(-c2nnc(SCC(=O)Nc3cccc(I)c3)o2)c1. The second-order valence-electron chi connectivity index (χ2n) is 4.95. The standard InChI is InChI=1S/C17H14IN3O3S/c1-23-14-7-2-4-11(8-14)16-20-21-17(24-16)25-10-15(22)19-13-6-3-5-12(18)9-13/h2-9H,10H2,1H3,(H,19,22). The van der Waals surface area contributed by atoms with Crippen LogP contribution in [0.5, 0.6) is 5.75 Å². The van der Waals surface area contributed by atoms with Crippen molar-refractivity contribution in [2.24, 2.45) is 0 Å². The Balaban J connectivity index is 1.59. The van der Waals surface area contributed by atoms with Crippen LogP contribution in [-0.4, -0.2) is 29.0 Å². The van der Waals surface area contributed by atoms with Crippen molar-refractivity contribution < 1.29 is 13.9 Å². The van der Waals surface area contributed by atoms with Crippen molar-refractivity contribution in [1.82, 2.24) is 10.2 Å². The lowest BCUT2D eigenvalue weighted by molar-refractivity contribution is -0.113. The number of aromatic nitrogens is 2. The number of hydrogen-bond acceptors (Lipinski definition) is 6. The quantitative estimate of drug-likeness (QED) is 0.435. The van der Waals surface area contributed by atoms with Gasteiger partial charge >= 0.3 is 0 Å². The number of amides is 1. The zero-order chi connectivity index (χ0) is 17.6. The molecule has 0 spiro atoms. The van der Waals surface area contributed by atoms with Gasteiger partial charge in [0.1, 0.15) is 5.75 Å². The van der Waals surface area contributed by atoms with Crippen LogP contribution < -0.4 is 10.1 Å². The summed E-state index contributed by atoms with van der Waals surface area (Å²) >= 11 is 3.39. The second-order valence-corrected chi connectivity index (χ2v) is 7.12. The molecule has 0 fully saturated rings. The van der Waals surface area contributed by atoms with Gasteiger partial charge in [-0.25, -0.2) is 0 Å². The third-order valence-electron chi connectivity index (χ3n) is 3.16. The Morgan fingerprint density at radius 1 is 1.24 bits per heavy atom. The minimum absolute atomic E-state index is 0.131. The lowest BCUT2D eigenvalue weighted by atomic mass is 10.2. The Morgan fingerprint density at radius 3 is 2.88 bits per heavy atom. The van der Waals surface area contributed by atoms with E-state index in [0.717, 1.165) is 14.8 Å². The molecule has 1 aromatic heterocycles. The number of anilines is 1. The number of hydrogen-bond donors (Lipinski definition) is 1. The number of halogens is 1. The van der Waals surface area contributed by atoms with E-state index < -0.39 is 0 Å². The van der Waals surface area contributed by atoms with Crippen LogP contribution in [0, 0.1) is 3.57 Å². The number of nitrogens with zero attached hydrogens (tertiary/aromatic N) is 2. The molecule has 0 aliphatic carbocycles. The maximum Gasteiger partial charge on any atom is 0.277 e. The highest BCUT2D eigenvalue weighted by Crippen LogP contribution is 2.26. The van der Waals surface area contributed by atoms with E-state index in [0.29, 0.717) is 16.9 Å². The lowest BCUT2D eigenvalue weighted by Crippen LogP contribution is -2.13. The zero-order valence-electron chi connectivity index (χ0n) is 13.2. The van der Waals surface area contributed by atoms with Gasteiger partial charge in [-0.1, -0.05) is 23.9 Å². The molecule has 0 unspecified atom stereocenters. The molecule has 0 saturated carbocycles. The number of rotatable bonds is 6. The van der Waals surface area contributed by atoms with Crippen LogP contribution in [0.3, 0.4) is 0 Å². The van der Waals surface area contributed by atoms with Gasteiger partial charge in [-0.05, 0) is 59.0 Å². The minimum Gasteiger partial charge on any atom is -0.497 e. The molecule has 8 heteroatoms. The first-order valence-electron chi connectivity index (χ1n) is 7.30. The third-order valence-corrected chi connectivity index (χ3v) is 4.65. The van der Waals surface area contributed by atoms with Crippen molar-refractivity contribution in [1.29, 1.82) is 0 Å². The normalized spacial score (nSPS) is 10.5. The van der Waals surface area contributed by atoms with E-state index in [4.69, 9.17) is 9.15 Å². The highest BCUT2D eigenvalue weighted by atomic mass is 127. The first-order valence-corrected chi connectivity index (χ1v) is 9.36. The smallest absolute Gasteiger partial charge is 0.277 e. The number of carbonyl (C=O) groups is 1. The maximum absolute atomic E-state index is 12.0. The molecular formula is C17H14IN3O3S. The van der Waals surface area contributed by atoms with E-state index in [1.807, 2.05) is 48.5 Å². The summed E-state index contributed by atoms with van der Waals surface area (Å²) in [6.45, 7) is 0. The van der Waals surface area contributed by atoms with Crippen LogP contribution in [0.4, 0.5) is 5.69 Å². The number of nitrogens with one attached hydrogen (secondary N) is 1. The van der Waals surface area contributed by atoms with E-state index in [-0.39, 0.29) is 11.7 Å². The summed E-state index contributed by atoms with van der Waals surface area (Å²) in [5.41, 5.74) is 1.53. The Hall–Kier alpha value is -2.07. The van der Waals surface area contributed by atoms with E-state index in [1.54, 1.807) is 7.11 Å². The molecule has 0 aliphatic rings. The Labute approximate surface area is 162 Å². The van der Waals surface area contributed by atoms with Gasteiger partial charge < -0.3 is 14.5 Å². The average Bonchev–Trinajstić information content (AvgIpc) is 3.09. The molecule has 0 radical (unpaired) electrons. The largest absolute Gasteiger partial charge is 0.497 e. The first kappa shape index (κ1) is 17.7. The van der Waals surface area contributed by atoms with Crippen molar-refractivity contribution >= 4 is 45.9 Å². The van der Waals surface area contributed by atoms with Crippen LogP contribution >= 0.6 is 34.4 Å². The molecule has 1 amide bonds. The number of thioether (sulfide) groups is 1. The van der Waals surface area contributed by atoms with Crippen LogP contribution in [0.25, 0.3) is 11.5 Å². The van der Waals surface area contributed by atoms with Crippen molar-refractivity contribution in [2.45, 2.75) is 5.22 Å². The monoisotopic (exact) mass is 467 g/mol. The molecule has 1 heterocycles. The fraction of sp³-hybridized carbons (Fsp3) is 0.118. The number of carbonyl (C=O) groups excluding carboxylic acids is 1. The van der Waals surface area contributed by atoms with Gasteiger partial charge in [0.2, 0.25) is 11.8 Å². The maximum atomic E-state index is 12.0. The molecule has 0 aliphatic heterocycles. The fourth-order valence-electron chi connectivity index (χ4n) is 2.03. The highest BCUT2D eigenvalue weighted by Gasteiger charge is 2.12. The Kier molecular flexibility index (Phi) is 5.92. The van der Waals surface area contributed by atoms with Crippen LogP contribution in [0.2, 0.25) is 0 Å². The summed E-state index contributed by atoms with van der Waals surface area (Å²) in [5.74, 6) is 1.15. The van der Waals surface area contributed by atoms with Crippen molar-refractivity contribution in [3.05, 3.63) is 52.1 Å². The molecule has 25 heavy (non-hydrogen) atoms. The second kappa shape index (κ2) is 8.34. The van der Waals surface area contributed by atoms with Gasteiger partial charge in [-0.3, -0.25) is 4.79 Å². The molecule has 128 valence electrons. The number of methoxy groups -OCH3 is 1. The fourth-order valence-corrected chi connectivity index (χ4v) is 3.14. The zero-order valence-corrected chi connectivity index (χ0v) is 16.2. The molecule has 0 saturated heterocycles. The predicted molar refractivity (Wildman–Crippen MR) is 105 cm³/mol. The summed E-state index contributed by atoms with van der Waals surface area (Å²) in [5, 5.41) is 11.2.